The lowest BCUT2D eigenvalue weighted by Gasteiger charge is -2.35. The Bertz CT molecular complexity index is 1350. The maximum atomic E-state index is 13.9. The van der Waals surface area contributed by atoms with Crippen LogP contribution in [0.25, 0.3) is 11.1 Å². The monoisotopic (exact) mass is 497 g/mol. The van der Waals surface area contributed by atoms with E-state index in [0.717, 1.165) is 29.5 Å². The molecule has 6 nitrogen and oxygen atoms in total. The Balaban J connectivity index is 1.57. The van der Waals surface area contributed by atoms with Crippen molar-refractivity contribution in [3.63, 3.8) is 0 Å². The summed E-state index contributed by atoms with van der Waals surface area (Å²) in [4.78, 5) is 11.4. The largest absolute Gasteiger partial charge is 0.486 e. The molecule has 1 atom stereocenters. The summed E-state index contributed by atoms with van der Waals surface area (Å²) in [5.74, 6) is -0.114. The minimum atomic E-state index is -3.90. The zero-order chi connectivity index (χ0) is 23.9. The van der Waals surface area contributed by atoms with E-state index in [1.54, 1.807) is 36.4 Å². The SMILES string of the molecule is O=C(O)CC[C@H]1CN(S(=O)(=O)c2cccc(C3CC3)c2)c2cc(-c3cccc(Cl)c3)ccc2O1. The van der Waals surface area contributed by atoms with Crippen LogP contribution in [-0.4, -0.2) is 32.1 Å². The lowest BCUT2D eigenvalue weighted by molar-refractivity contribution is -0.137. The van der Waals surface area contributed by atoms with Gasteiger partial charge >= 0.3 is 5.97 Å². The molecule has 1 aliphatic heterocycles. The maximum absolute atomic E-state index is 13.9. The Kier molecular flexibility index (Phi) is 6.00. The van der Waals surface area contributed by atoms with Crippen LogP contribution in [0.5, 0.6) is 5.75 Å². The maximum Gasteiger partial charge on any atom is 0.303 e. The highest BCUT2D eigenvalue weighted by Gasteiger charge is 2.35. The molecule has 34 heavy (non-hydrogen) atoms. The van der Waals surface area contributed by atoms with Crippen molar-refractivity contribution >= 4 is 33.3 Å². The van der Waals surface area contributed by atoms with E-state index in [2.05, 4.69) is 0 Å². The van der Waals surface area contributed by atoms with Crippen LogP contribution in [0.4, 0.5) is 5.69 Å². The molecule has 0 radical (unpaired) electrons. The Labute approximate surface area is 203 Å². The number of rotatable bonds is 7. The van der Waals surface area contributed by atoms with Gasteiger partial charge in [0, 0.05) is 11.4 Å². The van der Waals surface area contributed by atoms with Crippen molar-refractivity contribution in [1.82, 2.24) is 0 Å². The Morgan fingerprint density at radius 1 is 1.03 bits per heavy atom. The van der Waals surface area contributed by atoms with E-state index in [4.69, 9.17) is 21.4 Å². The molecule has 0 spiro atoms. The van der Waals surface area contributed by atoms with Crippen LogP contribution >= 0.6 is 11.6 Å². The Morgan fingerprint density at radius 2 is 1.79 bits per heavy atom. The van der Waals surface area contributed by atoms with E-state index >= 15 is 0 Å². The lowest BCUT2D eigenvalue weighted by atomic mass is 10.0. The van der Waals surface area contributed by atoms with Gasteiger partial charge in [-0.05, 0) is 78.3 Å². The van der Waals surface area contributed by atoms with Crippen LogP contribution in [0, 0.1) is 0 Å². The average Bonchev–Trinajstić information content (AvgIpc) is 3.67. The predicted octanol–water partition coefficient (Wildman–Crippen LogP) is 5.71. The summed E-state index contributed by atoms with van der Waals surface area (Å²) in [5, 5.41) is 9.70. The van der Waals surface area contributed by atoms with Crippen LogP contribution < -0.4 is 9.04 Å². The van der Waals surface area contributed by atoms with E-state index in [1.807, 2.05) is 30.3 Å². The number of hydrogen-bond donors (Lipinski definition) is 1. The number of aliphatic carboxylic acids is 1. The van der Waals surface area contributed by atoms with Crippen LogP contribution in [0.1, 0.15) is 37.2 Å². The molecule has 2 aliphatic rings. The van der Waals surface area contributed by atoms with Crippen LogP contribution in [0.2, 0.25) is 5.02 Å². The fourth-order valence-corrected chi connectivity index (χ4v) is 6.04. The van der Waals surface area contributed by atoms with Gasteiger partial charge in [0.1, 0.15) is 11.9 Å². The summed E-state index contributed by atoms with van der Waals surface area (Å²) in [5.41, 5.74) is 3.13. The Hall–Kier alpha value is -3.03. The molecular weight excluding hydrogens is 474 g/mol. The van der Waals surface area contributed by atoms with E-state index in [1.165, 1.54) is 4.31 Å². The van der Waals surface area contributed by atoms with Gasteiger partial charge in [-0.15, -0.1) is 0 Å². The molecule has 3 aromatic rings. The number of ether oxygens (including phenoxy) is 1. The van der Waals surface area contributed by atoms with Gasteiger partial charge in [-0.2, -0.15) is 0 Å². The molecule has 1 heterocycles. The quantitative estimate of drug-likeness (QED) is 0.452. The zero-order valence-corrected chi connectivity index (χ0v) is 19.9. The Morgan fingerprint density at radius 3 is 2.53 bits per heavy atom. The van der Waals surface area contributed by atoms with Crippen molar-refractivity contribution in [1.29, 1.82) is 0 Å². The number of fused-ring (bicyclic) bond motifs is 1. The number of benzene rings is 3. The molecule has 3 aromatic carbocycles. The molecule has 1 saturated carbocycles. The van der Waals surface area contributed by atoms with Crippen molar-refractivity contribution in [2.75, 3.05) is 10.8 Å². The van der Waals surface area contributed by atoms with Gasteiger partial charge in [-0.25, -0.2) is 8.42 Å². The first kappa shape index (κ1) is 22.7. The minimum absolute atomic E-state index is 0.0370. The van der Waals surface area contributed by atoms with Gasteiger partial charge in [-0.3, -0.25) is 9.10 Å². The molecule has 0 amide bonds. The molecular formula is C26H24ClNO5S. The van der Waals surface area contributed by atoms with Gasteiger partial charge in [0.2, 0.25) is 0 Å². The fraction of sp³-hybridized carbons (Fsp3) is 0.269. The second-order valence-electron chi connectivity index (χ2n) is 8.75. The summed E-state index contributed by atoms with van der Waals surface area (Å²) in [6, 6.07) is 19.9. The van der Waals surface area contributed by atoms with Crippen LogP contribution in [-0.2, 0) is 14.8 Å². The van der Waals surface area contributed by atoms with Crippen molar-refractivity contribution in [2.45, 2.75) is 42.6 Å². The van der Waals surface area contributed by atoms with Gasteiger partial charge in [0.25, 0.3) is 10.0 Å². The van der Waals surface area contributed by atoms with Gasteiger partial charge in [0.15, 0.2) is 0 Å². The van der Waals surface area contributed by atoms with Crippen molar-refractivity contribution in [2.24, 2.45) is 0 Å². The number of carboxylic acid groups (broad SMARTS) is 1. The molecule has 0 unspecified atom stereocenters. The first-order chi connectivity index (χ1) is 16.3. The van der Waals surface area contributed by atoms with Crippen LogP contribution in [0.15, 0.2) is 71.6 Å². The lowest BCUT2D eigenvalue weighted by Crippen LogP contribution is -2.43. The van der Waals surface area contributed by atoms with Crippen molar-refractivity contribution in [3.8, 4) is 16.9 Å². The minimum Gasteiger partial charge on any atom is -0.486 e. The molecule has 1 aliphatic carbocycles. The van der Waals surface area contributed by atoms with E-state index in [9.17, 15) is 13.2 Å². The highest BCUT2D eigenvalue weighted by molar-refractivity contribution is 7.92. The normalized spacial score (nSPS) is 17.7. The molecule has 5 rings (SSSR count). The smallest absolute Gasteiger partial charge is 0.303 e. The number of anilines is 1. The fourth-order valence-electron chi connectivity index (χ4n) is 4.29. The number of nitrogens with zero attached hydrogens (tertiary/aromatic N) is 1. The highest BCUT2D eigenvalue weighted by atomic mass is 35.5. The third-order valence-electron chi connectivity index (χ3n) is 6.22. The average molecular weight is 498 g/mol. The number of halogens is 1. The standard InChI is InChI=1S/C26H24ClNO5S/c27-21-5-1-3-18(13-21)20-9-11-25-24(15-20)28(16-22(33-25)10-12-26(29)30)34(31,32)23-6-2-4-19(14-23)17-7-8-17/h1-6,9,11,13-15,17,22H,7-8,10,12,16H2,(H,29,30)/t22-/m0/s1. The van der Waals surface area contributed by atoms with Gasteiger partial charge in [0.05, 0.1) is 17.1 Å². The number of sulfonamides is 1. The summed E-state index contributed by atoms with van der Waals surface area (Å²) in [6.45, 7) is 0.0370. The number of carbonyl (C=O) groups is 1. The van der Waals surface area contributed by atoms with E-state index in [0.29, 0.717) is 22.4 Å². The predicted molar refractivity (Wildman–Crippen MR) is 131 cm³/mol. The highest BCUT2D eigenvalue weighted by Crippen LogP contribution is 2.43. The third-order valence-corrected chi connectivity index (χ3v) is 8.23. The molecule has 1 fully saturated rings. The van der Waals surface area contributed by atoms with Gasteiger partial charge in [-0.1, -0.05) is 41.9 Å². The summed E-state index contributed by atoms with van der Waals surface area (Å²) < 4.78 is 35.1. The summed E-state index contributed by atoms with van der Waals surface area (Å²) in [6.07, 6.45) is 1.68. The summed E-state index contributed by atoms with van der Waals surface area (Å²) in [7, 11) is -3.90. The van der Waals surface area contributed by atoms with E-state index in [-0.39, 0.29) is 24.3 Å². The second kappa shape index (κ2) is 8.96. The molecule has 8 heteroatoms. The van der Waals surface area contributed by atoms with Gasteiger partial charge < -0.3 is 9.84 Å². The molecule has 0 bridgehead atoms. The topological polar surface area (TPSA) is 83.9 Å². The molecule has 0 saturated heterocycles. The molecule has 176 valence electrons. The molecule has 1 N–H and O–H groups in total. The summed E-state index contributed by atoms with van der Waals surface area (Å²) >= 11 is 6.17. The van der Waals surface area contributed by atoms with E-state index < -0.39 is 22.1 Å². The third kappa shape index (κ3) is 4.63. The van der Waals surface area contributed by atoms with Crippen molar-refractivity contribution in [3.05, 3.63) is 77.3 Å². The number of hydrogen-bond acceptors (Lipinski definition) is 4. The van der Waals surface area contributed by atoms with Crippen molar-refractivity contribution < 1.29 is 23.1 Å². The van der Waals surface area contributed by atoms with Crippen LogP contribution in [0.3, 0.4) is 0 Å². The zero-order valence-electron chi connectivity index (χ0n) is 18.4. The second-order valence-corrected chi connectivity index (χ2v) is 11.0. The number of carboxylic acids is 1. The first-order valence-corrected chi connectivity index (χ1v) is 13.0. The first-order valence-electron chi connectivity index (χ1n) is 11.2. The molecule has 0 aromatic heterocycles.